The number of rotatable bonds is 2. The van der Waals surface area contributed by atoms with E-state index in [1.54, 1.807) is 6.07 Å². The summed E-state index contributed by atoms with van der Waals surface area (Å²) in [5.41, 5.74) is 2.22. The SMILES string of the molecule is Cc1ccc(-c2ccc(C=NO)o2)cc1. The molecule has 0 fully saturated rings. The van der Waals surface area contributed by atoms with Gasteiger partial charge in [-0.15, -0.1) is 0 Å². The monoisotopic (exact) mass is 201 g/mol. The molecular weight excluding hydrogens is 190 g/mol. The summed E-state index contributed by atoms with van der Waals surface area (Å²) in [5, 5.41) is 11.3. The first-order valence-corrected chi connectivity index (χ1v) is 4.64. The molecule has 0 saturated heterocycles. The van der Waals surface area contributed by atoms with Gasteiger partial charge >= 0.3 is 0 Å². The van der Waals surface area contributed by atoms with Crippen LogP contribution in [0.15, 0.2) is 46.0 Å². The molecule has 0 aliphatic rings. The van der Waals surface area contributed by atoms with Crippen LogP contribution in [0.25, 0.3) is 11.3 Å². The Morgan fingerprint density at radius 1 is 1.13 bits per heavy atom. The van der Waals surface area contributed by atoms with E-state index in [0.29, 0.717) is 5.76 Å². The quantitative estimate of drug-likeness (QED) is 0.461. The highest BCUT2D eigenvalue weighted by Crippen LogP contribution is 2.21. The van der Waals surface area contributed by atoms with Crippen molar-refractivity contribution in [2.45, 2.75) is 6.92 Å². The lowest BCUT2D eigenvalue weighted by Crippen LogP contribution is -1.75. The zero-order valence-corrected chi connectivity index (χ0v) is 8.34. The van der Waals surface area contributed by atoms with E-state index < -0.39 is 0 Å². The standard InChI is InChI=1S/C12H11NO2/c1-9-2-4-10(5-3-9)12-7-6-11(15-12)8-13-14/h2-8,14H,1H3. The van der Waals surface area contributed by atoms with Gasteiger partial charge in [-0.1, -0.05) is 35.0 Å². The van der Waals surface area contributed by atoms with E-state index in [9.17, 15) is 0 Å². The molecule has 76 valence electrons. The maximum absolute atomic E-state index is 8.35. The van der Waals surface area contributed by atoms with Gasteiger partial charge in [-0.25, -0.2) is 0 Å². The van der Waals surface area contributed by atoms with Gasteiger partial charge in [0.15, 0.2) is 0 Å². The fourth-order valence-electron chi connectivity index (χ4n) is 1.35. The first kappa shape index (κ1) is 9.52. The van der Waals surface area contributed by atoms with Gasteiger partial charge in [0.25, 0.3) is 0 Å². The van der Waals surface area contributed by atoms with Crippen molar-refractivity contribution in [2.75, 3.05) is 0 Å². The number of aryl methyl sites for hydroxylation is 1. The molecule has 0 spiro atoms. The molecule has 2 rings (SSSR count). The van der Waals surface area contributed by atoms with Crippen LogP contribution in [0.5, 0.6) is 0 Å². The maximum atomic E-state index is 8.35. The van der Waals surface area contributed by atoms with Crippen LogP contribution in [0.2, 0.25) is 0 Å². The molecule has 15 heavy (non-hydrogen) atoms. The topological polar surface area (TPSA) is 45.7 Å². The van der Waals surface area contributed by atoms with E-state index in [0.717, 1.165) is 11.3 Å². The highest BCUT2D eigenvalue weighted by molar-refractivity contribution is 5.76. The minimum atomic E-state index is 0.535. The Morgan fingerprint density at radius 3 is 2.53 bits per heavy atom. The third-order valence-corrected chi connectivity index (χ3v) is 2.15. The summed E-state index contributed by atoms with van der Waals surface area (Å²) >= 11 is 0. The Bertz CT molecular complexity index is 469. The van der Waals surface area contributed by atoms with Crippen LogP contribution in [-0.4, -0.2) is 11.4 Å². The minimum absolute atomic E-state index is 0.535. The Kier molecular flexibility index (Phi) is 2.54. The number of hydrogen-bond donors (Lipinski definition) is 1. The van der Waals surface area contributed by atoms with Gasteiger partial charge in [0.1, 0.15) is 17.7 Å². The normalized spacial score (nSPS) is 11.0. The third kappa shape index (κ3) is 2.07. The number of furan rings is 1. The highest BCUT2D eigenvalue weighted by Gasteiger charge is 2.02. The van der Waals surface area contributed by atoms with Gasteiger partial charge in [-0.3, -0.25) is 0 Å². The minimum Gasteiger partial charge on any atom is -0.455 e. The Labute approximate surface area is 87.7 Å². The fraction of sp³-hybridized carbons (Fsp3) is 0.0833. The number of benzene rings is 1. The van der Waals surface area contributed by atoms with E-state index in [1.807, 2.05) is 37.3 Å². The molecule has 0 unspecified atom stereocenters. The average molecular weight is 201 g/mol. The summed E-state index contributed by atoms with van der Waals surface area (Å²) in [4.78, 5) is 0. The van der Waals surface area contributed by atoms with E-state index in [4.69, 9.17) is 9.62 Å². The summed E-state index contributed by atoms with van der Waals surface area (Å²) in [6.07, 6.45) is 1.26. The van der Waals surface area contributed by atoms with Crippen molar-refractivity contribution in [3.8, 4) is 11.3 Å². The van der Waals surface area contributed by atoms with Gasteiger partial charge in [-0.2, -0.15) is 0 Å². The Morgan fingerprint density at radius 2 is 1.87 bits per heavy atom. The van der Waals surface area contributed by atoms with Crippen molar-refractivity contribution < 1.29 is 9.62 Å². The van der Waals surface area contributed by atoms with Crippen LogP contribution in [-0.2, 0) is 0 Å². The summed E-state index contributed by atoms with van der Waals surface area (Å²) in [6.45, 7) is 2.04. The lowest BCUT2D eigenvalue weighted by molar-refractivity contribution is 0.321. The lowest BCUT2D eigenvalue weighted by atomic mass is 10.1. The zero-order chi connectivity index (χ0) is 10.7. The summed E-state index contributed by atoms with van der Waals surface area (Å²) < 4.78 is 5.44. The Hall–Kier alpha value is -2.03. The van der Waals surface area contributed by atoms with Gasteiger partial charge in [0.2, 0.25) is 0 Å². The van der Waals surface area contributed by atoms with E-state index in [-0.39, 0.29) is 0 Å². The molecule has 0 aliphatic carbocycles. The molecule has 0 atom stereocenters. The predicted octanol–water partition coefficient (Wildman–Crippen LogP) is 3.06. The smallest absolute Gasteiger partial charge is 0.149 e. The van der Waals surface area contributed by atoms with Crippen molar-refractivity contribution in [1.82, 2.24) is 0 Å². The van der Waals surface area contributed by atoms with Crippen molar-refractivity contribution in [2.24, 2.45) is 5.16 Å². The van der Waals surface area contributed by atoms with E-state index in [2.05, 4.69) is 5.16 Å². The van der Waals surface area contributed by atoms with Gasteiger partial charge in [0, 0.05) is 5.56 Å². The molecule has 0 amide bonds. The van der Waals surface area contributed by atoms with Crippen LogP contribution >= 0.6 is 0 Å². The molecule has 0 radical (unpaired) electrons. The molecule has 0 aliphatic heterocycles. The van der Waals surface area contributed by atoms with Crippen LogP contribution in [0.4, 0.5) is 0 Å². The van der Waals surface area contributed by atoms with Crippen LogP contribution in [0, 0.1) is 6.92 Å². The zero-order valence-electron chi connectivity index (χ0n) is 8.34. The van der Waals surface area contributed by atoms with Crippen molar-refractivity contribution in [1.29, 1.82) is 0 Å². The molecule has 3 heteroatoms. The van der Waals surface area contributed by atoms with E-state index >= 15 is 0 Å². The molecule has 1 heterocycles. The second-order valence-electron chi connectivity index (χ2n) is 3.31. The van der Waals surface area contributed by atoms with Gasteiger partial charge < -0.3 is 9.62 Å². The molecule has 1 aromatic heterocycles. The molecule has 1 aromatic carbocycles. The van der Waals surface area contributed by atoms with Crippen molar-refractivity contribution >= 4 is 6.21 Å². The number of oxime groups is 1. The fourth-order valence-corrected chi connectivity index (χ4v) is 1.35. The maximum Gasteiger partial charge on any atom is 0.149 e. The number of hydrogen-bond acceptors (Lipinski definition) is 3. The molecule has 0 bridgehead atoms. The van der Waals surface area contributed by atoms with Crippen molar-refractivity contribution in [3.63, 3.8) is 0 Å². The molecule has 1 N–H and O–H groups in total. The summed E-state index contributed by atoms with van der Waals surface area (Å²) in [5.74, 6) is 1.30. The largest absolute Gasteiger partial charge is 0.455 e. The second-order valence-corrected chi connectivity index (χ2v) is 3.31. The highest BCUT2D eigenvalue weighted by atomic mass is 16.4. The summed E-state index contributed by atoms with van der Waals surface area (Å²) in [7, 11) is 0. The second kappa shape index (κ2) is 4.00. The Balaban J connectivity index is 2.33. The van der Waals surface area contributed by atoms with Gasteiger partial charge in [0.05, 0.1) is 0 Å². The molecule has 3 nitrogen and oxygen atoms in total. The van der Waals surface area contributed by atoms with Gasteiger partial charge in [-0.05, 0) is 19.1 Å². The molecular formula is C12H11NO2. The van der Waals surface area contributed by atoms with Crippen molar-refractivity contribution in [3.05, 3.63) is 47.7 Å². The van der Waals surface area contributed by atoms with Crippen LogP contribution < -0.4 is 0 Å². The first-order valence-electron chi connectivity index (χ1n) is 4.64. The van der Waals surface area contributed by atoms with Crippen LogP contribution in [0.1, 0.15) is 11.3 Å². The number of nitrogens with zero attached hydrogens (tertiary/aromatic N) is 1. The summed E-state index contributed by atoms with van der Waals surface area (Å²) in [6, 6.07) is 11.6. The van der Waals surface area contributed by atoms with Crippen LogP contribution in [0.3, 0.4) is 0 Å². The van der Waals surface area contributed by atoms with E-state index in [1.165, 1.54) is 11.8 Å². The predicted molar refractivity (Wildman–Crippen MR) is 58.3 cm³/mol. The third-order valence-electron chi connectivity index (χ3n) is 2.15. The average Bonchev–Trinajstić information content (AvgIpc) is 2.68. The lowest BCUT2D eigenvalue weighted by Gasteiger charge is -1.96. The first-order chi connectivity index (χ1) is 7.29. The molecule has 2 aromatic rings. The molecule has 0 saturated carbocycles.